The lowest BCUT2D eigenvalue weighted by molar-refractivity contribution is 0.204. The van der Waals surface area contributed by atoms with E-state index in [1.54, 1.807) is 7.11 Å². The van der Waals surface area contributed by atoms with Crippen molar-refractivity contribution in [3.05, 3.63) is 83.6 Å². The van der Waals surface area contributed by atoms with Crippen molar-refractivity contribution >= 4 is 5.82 Å². The van der Waals surface area contributed by atoms with Crippen LogP contribution >= 0.6 is 0 Å². The third-order valence-electron chi connectivity index (χ3n) is 6.51. The molecule has 4 nitrogen and oxygen atoms in total. The fraction of sp³-hybridized carbons (Fsp3) is 0.393. The monoisotopic (exact) mass is 430 g/mol. The van der Waals surface area contributed by atoms with Gasteiger partial charge >= 0.3 is 0 Å². The molecule has 1 aliphatic heterocycles. The lowest BCUT2D eigenvalue weighted by Gasteiger charge is -2.20. The lowest BCUT2D eigenvalue weighted by atomic mass is 9.90. The van der Waals surface area contributed by atoms with Crippen LogP contribution in [-0.4, -0.2) is 31.3 Å². The van der Waals surface area contributed by atoms with Crippen molar-refractivity contribution < 1.29 is 9.47 Å². The maximum atomic E-state index is 6.48. The van der Waals surface area contributed by atoms with E-state index in [-0.39, 0.29) is 6.10 Å². The molecule has 1 fully saturated rings. The Kier molecular flexibility index (Phi) is 6.99. The number of rotatable bonds is 5. The van der Waals surface area contributed by atoms with Crippen LogP contribution in [0.15, 0.2) is 66.9 Å². The number of benzene rings is 2. The number of hydrogen-bond donors (Lipinski definition) is 0. The predicted octanol–water partition coefficient (Wildman–Crippen LogP) is 5.90. The molecule has 2 aromatic carbocycles. The molecule has 3 aromatic rings. The summed E-state index contributed by atoms with van der Waals surface area (Å²) >= 11 is 0. The summed E-state index contributed by atoms with van der Waals surface area (Å²) < 4.78 is 12.1. The average Bonchev–Trinajstić information content (AvgIpc) is 3.44. The second-order valence-electron chi connectivity index (χ2n) is 8.50. The quantitative estimate of drug-likeness (QED) is 0.505. The van der Waals surface area contributed by atoms with Crippen molar-refractivity contribution in [1.29, 1.82) is 0 Å². The lowest BCUT2D eigenvalue weighted by Crippen LogP contribution is -2.20. The Morgan fingerprint density at radius 1 is 0.875 bits per heavy atom. The second kappa shape index (κ2) is 10.1. The molecule has 0 radical (unpaired) electrons. The van der Waals surface area contributed by atoms with Gasteiger partial charge in [-0.05, 0) is 46.9 Å². The molecule has 5 rings (SSSR count). The summed E-state index contributed by atoms with van der Waals surface area (Å²) in [5.41, 5.74) is 4.10. The van der Waals surface area contributed by atoms with Gasteiger partial charge in [0.1, 0.15) is 11.9 Å². The molecule has 0 spiro atoms. The largest absolute Gasteiger partial charge is 0.493 e. The highest BCUT2D eigenvalue weighted by atomic mass is 16.5. The summed E-state index contributed by atoms with van der Waals surface area (Å²) in [5, 5.41) is 0. The average molecular weight is 431 g/mol. The van der Waals surface area contributed by atoms with Crippen LogP contribution in [0.1, 0.15) is 43.4 Å². The Bertz CT molecular complexity index is 996. The van der Waals surface area contributed by atoms with Crippen molar-refractivity contribution in [2.45, 2.75) is 45.6 Å². The zero-order chi connectivity index (χ0) is 22.5. The van der Waals surface area contributed by atoms with E-state index in [1.807, 2.05) is 26.1 Å². The molecule has 168 valence electrons. The number of aromatic nitrogens is 1. The summed E-state index contributed by atoms with van der Waals surface area (Å²) in [6.45, 7) is 8.31. The van der Waals surface area contributed by atoms with Crippen LogP contribution in [0, 0.1) is 5.92 Å². The van der Waals surface area contributed by atoms with Crippen LogP contribution in [-0.2, 0) is 12.8 Å². The van der Waals surface area contributed by atoms with Crippen LogP contribution in [0.2, 0.25) is 0 Å². The number of methoxy groups -OCH3 is 1. The summed E-state index contributed by atoms with van der Waals surface area (Å²) in [5.74, 6) is 3.71. The van der Waals surface area contributed by atoms with Crippen molar-refractivity contribution in [1.82, 2.24) is 4.98 Å². The number of nitrogens with zero attached hydrogens (tertiary/aromatic N) is 2. The highest BCUT2D eigenvalue weighted by Crippen LogP contribution is 2.39. The van der Waals surface area contributed by atoms with Gasteiger partial charge in [0.05, 0.1) is 7.11 Å². The molecule has 2 atom stereocenters. The van der Waals surface area contributed by atoms with E-state index in [9.17, 15) is 0 Å². The number of hydrogen-bond acceptors (Lipinski definition) is 4. The Balaban J connectivity index is 0.00000119. The van der Waals surface area contributed by atoms with Gasteiger partial charge in [-0.3, -0.25) is 0 Å². The fourth-order valence-electron chi connectivity index (χ4n) is 4.93. The van der Waals surface area contributed by atoms with Crippen molar-refractivity contribution in [2.75, 3.05) is 25.1 Å². The molecule has 32 heavy (non-hydrogen) atoms. The van der Waals surface area contributed by atoms with Crippen molar-refractivity contribution in [2.24, 2.45) is 5.92 Å². The van der Waals surface area contributed by atoms with E-state index >= 15 is 0 Å². The Hall–Kier alpha value is -3.01. The van der Waals surface area contributed by atoms with Gasteiger partial charge in [-0.2, -0.15) is 0 Å². The van der Waals surface area contributed by atoms with Crippen molar-refractivity contribution in [3.63, 3.8) is 0 Å². The first-order valence-corrected chi connectivity index (χ1v) is 11.8. The van der Waals surface area contributed by atoms with E-state index in [2.05, 4.69) is 71.4 Å². The first kappa shape index (κ1) is 22.2. The van der Waals surface area contributed by atoms with Crippen LogP contribution in [0.4, 0.5) is 5.82 Å². The van der Waals surface area contributed by atoms with E-state index in [0.29, 0.717) is 11.8 Å². The first-order valence-electron chi connectivity index (χ1n) is 11.8. The number of ether oxygens (including phenoxy) is 2. The van der Waals surface area contributed by atoms with E-state index in [0.717, 1.165) is 43.2 Å². The standard InChI is InChI=1S/C26H28N2O2.C2H6/c1-18-16-28(26-9-5-6-12-27-26)17-23(18)21-10-11-24(29-2)25(15-21)30-22-13-19-7-3-4-8-20(19)14-22;1-2/h3-12,15,18,22-23H,13-14,16-17H2,1-2H3;1-2H3/t18-,23+;/m0./s1. The van der Waals surface area contributed by atoms with Crippen LogP contribution in [0.25, 0.3) is 0 Å². The highest BCUT2D eigenvalue weighted by molar-refractivity contribution is 5.47. The summed E-state index contributed by atoms with van der Waals surface area (Å²) in [6, 6.07) is 21.2. The zero-order valence-corrected chi connectivity index (χ0v) is 19.6. The van der Waals surface area contributed by atoms with Gasteiger partial charge in [0.25, 0.3) is 0 Å². The van der Waals surface area contributed by atoms with Gasteiger partial charge in [-0.25, -0.2) is 4.98 Å². The summed E-state index contributed by atoms with van der Waals surface area (Å²) in [7, 11) is 1.71. The molecule has 4 heteroatoms. The molecule has 0 amide bonds. The van der Waals surface area contributed by atoms with E-state index < -0.39 is 0 Å². The summed E-state index contributed by atoms with van der Waals surface area (Å²) in [4.78, 5) is 6.92. The van der Waals surface area contributed by atoms with Gasteiger partial charge in [0, 0.05) is 38.0 Å². The molecule has 0 bridgehead atoms. The minimum Gasteiger partial charge on any atom is -0.493 e. The van der Waals surface area contributed by atoms with Crippen LogP contribution < -0.4 is 14.4 Å². The number of anilines is 1. The fourth-order valence-corrected chi connectivity index (χ4v) is 4.93. The normalized spacial score (nSPS) is 19.8. The maximum absolute atomic E-state index is 6.48. The van der Waals surface area contributed by atoms with Gasteiger partial charge in [0.2, 0.25) is 0 Å². The first-order chi connectivity index (χ1) is 15.7. The van der Waals surface area contributed by atoms with Gasteiger partial charge < -0.3 is 14.4 Å². The SMILES string of the molecule is CC.COc1ccc([C@@H]2CN(c3ccccn3)C[C@@H]2C)cc1OC1Cc2ccccc2C1. The molecule has 0 saturated carbocycles. The second-order valence-corrected chi connectivity index (χ2v) is 8.50. The van der Waals surface area contributed by atoms with Crippen LogP contribution in [0.3, 0.4) is 0 Å². The molecule has 2 aliphatic rings. The van der Waals surface area contributed by atoms with E-state index in [1.165, 1.54) is 16.7 Å². The highest BCUT2D eigenvalue weighted by Gasteiger charge is 2.32. The van der Waals surface area contributed by atoms with Crippen LogP contribution in [0.5, 0.6) is 11.5 Å². The maximum Gasteiger partial charge on any atom is 0.161 e. The minimum absolute atomic E-state index is 0.164. The molecular formula is C28H34N2O2. The summed E-state index contributed by atoms with van der Waals surface area (Å²) in [6.07, 6.45) is 3.94. The molecule has 1 saturated heterocycles. The van der Waals surface area contributed by atoms with Crippen molar-refractivity contribution in [3.8, 4) is 11.5 Å². The Labute approximate surface area is 192 Å². The number of pyridine rings is 1. The zero-order valence-electron chi connectivity index (χ0n) is 19.6. The van der Waals surface area contributed by atoms with E-state index in [4.69, 9.17) is 9.47 Å². The molecule has 2 heterocycles. The molecule has 0 N–H and O–H groups in total. The molecular weight excluding hydrogens is 396 g/mol. The minimum atomic E-state index is 0.164. The van der Waals surface area contributed by atoms with Gasteiger partial charge in [-0.1, -0.05) is 57.2 Å². The smallest absolute Gasteiger partial charge is 0.161 e. The van der Waals surface area contributed by atoms with Gasteiger partial charge in [-0.15, -0.1) is 0 Å². The third-order valence-corrected chi connectivity index (χ3v) is 6.51. The third kappa shape index (κ3) is 4.59. The number of fused-ring (bicyclic) bond motifs is 1. The molecule has 1 aromatic heterocycles. The van der Waals surface area contributed by atoms with Gasteiger partial charge in [0.15, 0.2) is 11.5 Å². The Morgan fingerprint density at radius 3 is 2.25 bits per heavy atom. The molecule has 1 aliphatic carbocycles. The Morgan fingerprint density at radius 2 is 1.59 bits per heavy atom. The predicted molar refractivity (Wildman–Crippen MR) is 131 cm³/mol. The topological polar surface area (TPSA) is 34.6 Å². The molecule has 0 unspecified atom stereocenters.